The van der Waals surface area contributed by atoms with Crippen molar-refractivity contribution in [3.63, 3.8) is 0 Å². The quantitative estimate of drug-likeness (QED) is 0.635. The van der Waals surface area contributed by atoms with Gasteiger partial charge in [0.05, 0.1) is 5.70 Å². The number of nitrogens with one attached hydrogen (secondary N) is 2. The van der Waals surface area contributed by atoms with Gasteiger partial charge in [0.25, 0.3) is 0 Å². The molecule has 1 unspecified atom stereocenters. The van der Waals surface area contributed by atoms with Gasteiger partial charge in [0.15, 0.2) is 0 Å². The summed E-state index contributed by atoms with van der Waals surface area (Å²) in [5, 5.41) is 1.98. The van der Waals surface area contributed by atoms with Crippen LogP contribution in [-0.4, -0.2) is 18.3 Å². The fourth-order valence-electron chi connectivity index (χ4n) is 3.85. The van der Waals surface area contributed by atoms with E-state index >= 15 is 0 Å². The van der Waals surface area contributed by atoms with E-state index in [0.29, 0.717) is 0 Å². The van der Waals surface area contributed by atoms with E-state index in [0.717, 1.165) is 24.2 Å². The van der Waals surface area contributed by atoms with Crippen molar-refractivity contribution < 1.29 is 0 Å². The molecular weight excluding hydrogens is 356 g/mol. The molecular formula is C25H32N4. The molecule has 1 atom stereocenters. The Balaban J connectivity index is 1.94. The molecule has 1 aliphatic heterocycles. The molecule has 0 aliphatic carbocycles. The van der Waals surface area contributed by atoms with Gasteiger partial charge in [-0.05, 0) is 55.9 Å². The molecule has 0 saturated carbocycles. The Morgan fingerprint density at radius 2 is 1.90 bits per heavy atom. The maximum atomic E-state index is 4.75. The molecule has 0 saturated heterocycles. The van der Waals surface area contributed by atoms with Crippen molar-refractivity contribution in [3.05, 3.63) is 88.3 Å². The zero-order chi connectivity index (χ0) is 20.8. The topological polar surface area (TPSA) is 39.7 Å². The molecule has 152 valence electrons. The fourth-order valence-corrected chi connectivity index (χ4v) is 3.85. The lowest BCUT2D eigenvalue weighted by atomic mass is 9.85. The van der Waals surface area contributed by atoms with Crippen molar-refractivity contribution in [2.24, 2.45) is 4.99 Å². The van der Waals surface area contributed by atoms with Crippen LogP contribution in [0.3, 0.4) is 0 Å². The number of benzene rings is 2. The summed E-state index contributed by atoms with van der Waals surface area (Å²) in [6.45, 7) is 8.58. The third-order valence-electron chi connectivity index (χ3n) is 5.56. The van der Waals surface area contributed by atoms with Gasteiger partial charge in [-0.3, -0.25) is 10.0 Å². The number of hydrogen-bond donors (Lipinski definition) is 2. The molecule has 0 spiro atoms. The van der Waals surface area contributed by atoms with Crippen molar-refractivity contribution in [2.45, 2.75) is 46.5 Å². The van der Waals surface area contributed by atoms with Gasteiger partial charge in [-0.25, -0.2) is 0 Å². The normalized spacial score (nSPS) is 15.6. The minimum Gasteiger partial charge on any atom is -0.309 e. The Morgan fingerprint density at radius 1 is 1.14 bits per heavy atom. The molecule has 0 radical (unpaired) electrons. The van der Waals surface area contributed by atoms with E-state index in [1.807, 2.05) is 31.4 Å². The molecule has 29 heavy (non-hydrogen) atoms. The number of rotatable bonds is 7. The summed E-state index contributed by atoms with van der Waals surface area (Å²) < 4.78 is 0. The number of hydrazine groups is 2. The smallest absolute Gasteiger partial charge is 0.0777 e. The maximum Gasteiger partial charge on any atom is 0.0777 e. The number of allylic oxidation sites excluding steroid dienone is 2. The maximum absolute atomic E-state index is 4.75. The lowest BCUT2D eigenvalue weighted by Gasteiger charge is -2.22. The number of nitrogens with zero attached hydrogens (tertiary/aromatic N) is 2. The Labute approximate surface area is 175 Å². The highest BCUT2D eigenvalue weighted by Crippen LogP contribution is 2.33. The van der Waals surface area contributed by atoms with E-state index in [2.05, 4.69) is 80.3 Å². The van der Waals surface area contributed by atoms with E-state index < -0.39 is 0 Å². The van der Waals surface area contributed by atoms with Crippen LogP contribution in [0.25, 0.3) is 5.70 Å². The SMILES string of the molecule is CC=N/C(=C\CC)C(Cc1ccc(C2=CNNN2C)cc1)c1cccc(C)c1C. The van der Waals surface area contributed by atoms with E-state index in [1.54, 1.807) is 0 Å². The Hall–Kier alpha value is -2.85. The number of hydrogen-bond acceptors (Lipinski definition) is 4. The van der Waals surface area contributed by atoms with Crippen LogP contribution in [0.4, 0.5) is 0 Å². The van der Waals surface area contributed by atoms with Crippen LogP contribution < -0.4 is 11.0 Å². The average molecular weight is 389 g/mol. The minimum absolute atomic E-state index is 0.244. The third-order valence-corrected chi connectivity index (χ3v) is 5.56. The fraction of sp³-hybridized carbons (Fsp3) is 0.320. The first-order valence-electron chi connectivity index (χ1n) is 10.3. The molecule has 0 fully saturated rings. The first-order chi connectivity index (χ1) is 14.0. The Bertz CT molecular complexity index is 922. The third kappa shape index (κ3) is 4.77. The summed E-state index contributed by atoms with van der Waals surface area (Å²) in [4.78, 5) is 4.75. The van der Waals surface area contributed by atoms with Gasteiger partial charge < -0.3 is 5.43 Å². The van der Waals surface area contributed by atoms with E-state index in [9.17, 15) is 0 Å². The van der Waals surface area contributed by atoms with Gasteiger partial charge in [0.2, 0.25) is 0 Å². The summed E-state index contributed by atoms with van der Waals surface area (Å²) in [7, 11) is 2.00. The summed E-state index contributed by atoms with van der Waals surface area (Å²) in [6.07, 6.45) is 8.06. The standard InChI is InChI=1S/C25H32N4/c1-6-9-24(26-7-2)23(22-11-8-10-18(3)19(22)4)16-20-12-14-21(15-13-20)25-17-27-28-29(25)5/h7-15,17,23,27-28H,6,16H2,1-5H3/b24-9-,26-7?. The van der Waals surface area contributed by atoms with Gasteiger partial charge in [0.1, 0.15) is 0 Å². The predicted octanol–water partition coefficient (Wildman–Crippen LogP) is 5.27. The van der Waals surface area contributed by atoms with Crippen LogP contribution >= 0.6 is 0 Å². The molecule has 0 aromatic heterocycles. The second kappa shape index (κ2) is 9.57. The molecule has 2 aromatic rings. The molecule has 2 aromatic carbocycles. The lowest BCUT2D eigenvalue weighted by molar-refractivity contribution is 0.344. The summed E-state index contributed by atoms with van der Waals surface area (Å²) in [5.74, 6) is 0.244. The molecule has 1 aliphatic rings. The monoisotopic (exact) mass is 388 g/mol. The van der Waals surface area contributed by atoms with Crippen LogP contribution in [0.5, 0.6) is 0 Å². The molecule has 2 N–H and O–H groups in total. The number of aliphatic imine (C=N–C) groups is 1. The zero-order valence-corrected chi connectivity index (χ0v) is 18.2. The van der Waals surface area contributed by atoms with Gasteiger partial charge in [-0.1, -0.05) is 55.5 Å². The number of aryl methyl sites for hydroxylation is 1. The van der Waals surface area contributed by atoms with Crippen molar-refractivity contribution in [3.8, 4) is 0 Å². The molecule has 4 nitrogen and oxygen atoms in total. The Kier molecular flexibility index (Phi) is 6.89. The Morgan fingerprint density at radius 3 is 2.52 bits per heavy atom. The zero-order valence-electron chi connectivity index (χ0n) is 18.2. The molecule has 0 bridgehead atoms. The van der Waals surface area contributed by atoms with Crippen LogP contribution in [0.1, 0.15) is 54.0 Å². The molecule has 3 rings (SSSR count). The largest absolute Gasteiger partial charge is 0.309 e. The van der Waals surface area contributed by atoms with Crippen molar-refractivity contribution in [1.82, 2.24) is 16.0 Å². The first kappa shape index (κ1) is 20.9. The minimum atomic E-state index is 0.244. The van der Waals surface area contributed by atoms with E-state index in [1.165, 1.54) is 27.8 Å². The summed E-state index contributed by atoms with van der Waals surface area (Å²) in [6, 6.07) is 15.5. The average Bonchev–Trinajstić information content (AvgIpc) is 3.15. The van der Waals surface area contributed by atoms with Gasteiger partial charge in [-0.2, -0.15) is 0 Å². The second-order valence-electron chi connectivity index (χ2n) is 7.51. The summed E-state index contributed by atoms with van der Waals surface area (Å²) in [5.41, 5.74) is 14.9. The van der Waals surface area contributed by atoms with Crippen molar-refractivity contribution >= 4 is 11.9 Å². The molecule has 0 amide bonds. The van der Waals surface area contributed by atoms with Crippen LogP contribution in [0.2, 0.25) is 0 Å². The van der Waals surface area contributed by atoms with Gasteiger partial charge >= 0.3 is 0 Å². The van der Waals surface area contributed by atoms with Crippen molar-refractivity contribution in [1.29, 1.82) is 0 Å². The highest BCUT2D eigenvalue weighted by Gasteiger charge is 2.20. The van der Waals surface area contributed by atoms with Crippen LogP contribution in [-0.2, 0) is 6.42 Å². The van der Waals surface area contributed by atoms with Crippen LogP contribution in [0.15, 0.2) is 65.4 Å². The highest BCUT2D eigenvalue weighted by molar-refractivity contribution is 5.64. The highest BCUT2D eigenvalue weighted by atomic mass is 15.7. The van der Waals surface area contributed by atoms with E-state index in [-0.39, 0.29) is 5.92 Å². The second-order valence-corrected chi connectivity index (χ2v) is 7.51. The first-order valence-corrected chi connectivity index (χ1v) is 10.3. The molecule has 4 heteroatoms. The molecule has 1 heterocycles. The van der Waals surface area contributed by atoms with Gasteiger partial charge in [0, 0.05) is 36.6 Å². The van der Waals surface area contributed by atoms with Gasteiger partial charge in [-0.15, -0.1) is 5.53 Å². The predicted molar refractivity (Wildman–Crippen MR) is 123 cm³/mol. The lowest BCUT2D eigenvalue weighted by Crippen LogP contribution is -2.33. The summed E-state index contributed by atoms with van der Waals surface area (Å²) >= 11 is 0. The van der Waals surface area contributed by atoms with Crippen LogP contribution in [0, 0.1) is 13.8 Å². The van der Waals surface area contributed by atoms with E-state index in [4.69, 9.17) is 4.99 Å². The van der Waals surface area contributed by atoms with Crippen molar-refractivity contribution in [2.75, 3.05) is 7.05 Å².